The van der Waals surface area contributed by atoms with E-state index in [2.05, 4.69) is 88.2 Å². The van der Waals surface area contributed by atoms with E-state index in [-0.39, 0.29) is 11.0 Å². The van der Waals surface area contributed by atoms with Crippen LogP contribution in [0.1, 0.15) is 62.8 Å². The molecule has 0 saturated carbocycles. The third-order valence-electron chi connectivity index (χ3n) is 6.65. The van der Waals surface area contributed by atoms with Crippen LogP contribution in [0.5, 0.6) is 0 Å². The number of anilines is 2. The summed E-state index contributed by atoms with van der Waals surface area (Å²) in [7, 11) is 0. The first kappa shape index (κ1) is 16.5. The van der Waals surface area contributed by atoms with Crippen molar-refractivity contribution < 1.29 is 0 Å². The molecular formula is C23H30N2. The van der Waals surface area contributed by atoms with Crippen LogP contribution in [0.2, 0.25) is 0 Å². The van der Waals surface area contributed by atoms with Crippen LogP contribution in [0.15, 0.2) is 36.4 Å². The van der Waals surface area contributed by atoms with Gasteiger partial charge in [0.2, 0.25) is 0 Å². The van der Waals surface area contributed by atoms with Gasteiger partial charge in [-0.05, 0) is 67.5 Å². The van der Waals surface area contributed by atoms with Gasteiger partial charge < -0.3 is 10.2 Å². The molecule has 0 fully saturated rings. The number of nitrogens with zero attached hydrogens (tertiary/aromatic N) is 1. The highest BCUT2D eigenvalue weighted by Crippen LogP contribution is 2.64. The lowest BCUT2D eigenvalue weighted by Crippen LogP contribution is -2.34. The second-order valence-corrected chi connectivity index (χ2v) is 8.43. The lowest BCUT2D eigenvalue weighted by atomic mass is 9.71. The molecule has 0 radical (unpaired) electrons. The molecule has 2 aliphatic rings. The van der Waals surface area contributed by atoms with E-state index in [1.165, 1.54) is 33.6 Å². The molecule has 2 nitrogen and oxygen atoms in total. The fraction of sp³-hybridized carbons (Fsp3) is 0.478. The number of hydrogen-bond acceptors (Lipinski definition) is 2. The molecule has 2 aromatic rings. The van der Waals surface area contributed by atoms with Crippen LogP contribution in [0.4, 0.5) is 11.4 Å². The van der Waals surface area contributed by atoms with Crippen molar-refractivity contribution in [3.8, 4) is 0 Å². The van der Waals surface area contributed by atoms with Gasteiger partial charge in [0.25, 0.3) is 0 Å². The molecule has 0 saturated heterocycles. The Labute approximate surface area is 152 Å². The van der Waals surface area contributed by atoms with Gasteiger partial charge in [-0.15, -0.1) is 0 Å². The van der Waals surface area contributed by atoms with Crippen molar-refractivity contribution in [1.82, 2.24) is 0 Å². The minimum atomic E-state index is -0.0188. The van der Waals surface area contributed by atoms with Crippen LogP contribution in [-0.2, 0) is 11.0 Å². The fourth-order valence-electron chi connectivity index (χ4n) is 5.59. The summed E-state index contributed by atoms with van der Waals surface area (Å²) in [6.45, 7) is 16.1. The van der Waals surface area contributed by atoms with Gasteiger partial charge >= 0.3 is 0 Å². The largest absolute Gasteiger partial charge is 0.375 e. The van der Waals surface area contributed by atoms with Gasteiger partial charge in [0.1, 0.15) is 0 Å². The van der Waals surface area contributed by atoms with Crippen LogP contribution in [0.25, 0.3) is 0 Å². The van der Waals surface area contributed by atoms with E-state index in [9.17, 15) is 0 Å². The van der Waals surface area contributed by atoms with Gasteiger partial charge in [-0.2, -0.15) is 0 Å². The molecule has 0 aromatic heterocycles. The van der Waals surface area contributed by atoms with Gasteiger partial charge in [0.15, 0.2) is 0 Å². The molecule has 132 valence electrons. The van der Waals surface area contributed by atoms with Gasteiger partial charge in [-0.25, -0.2) is 0 Å². The van der Waals surface area contributed by atoms with Crippen molar-refractivity contribution in [2.75, 3.05) is 23.3 Å². The van der Waals surface area contributed by atoms with Crippen molar-refractivity contribution in [2.24, 2.45) is 0 Å². The zero-order valence-corrected chi connectivity index (χ0v) is 16.4. The van der Waals surface area contributed by atoms with Gasteiger partial charge in [-0.1, -0.05) is 38.1 Å². The van der Waals surface area contributed by atoms with Crippen molar-refractivity contribution in [3.05, 3.63) is 58.7 Å². The molecule has 4 rings (SSSR count). The normalized spacial score (nSPS) is 25.1. The van der Waals surface area contributed by atoms with E-state index in [0.717, 1.165) is 13.1 Å². The third kappa shape index (κ3) is 2.03. The Morgan fingerprint density at radius 3 is 2.28 bits per heavy atom. The first-order chi connectivity index (χ1) is 11.8. The van der Waals surface area contributed by atoms with Crippen LogP contribution in [0, 0.1) is 6.92 Å². The summed E-state index contributed by atoms with van der Waals surface area (Å²) >= 11 is 0. The number of nitrogens with one attached hydrogen (secondary N) is 1. The maximum Gasteiger partial charge on any atom is 0.0677 e. The SMILES string of the molecule is CCN(CC)c1cc(C)c2c(c1)C1C(C)(C)c3ccccc3C1(C)N2. The molecule has 0 spiro atoms. The molecule has 0 amide bonds. The summed E-state index contributed by atoms with van der Waals surface area (Å²) in [6.07, 6.45) is 0. The third-order valence-corrected chi connectivity index (χ3v) is 6.65. The second-order valence-electron chi connectivity index (χ2n) is 8.43. The number of rotatable bonds is 3. The highest BCUT2D eigenvalue weighted by atomic mass is 15.1. The van der Waals surface area contributed by atoms with Crippen LogP contribution < -0.4 is 10.2 Å². The lowest BCUT2D eigenvalue weighted by molar-refractivity contribution is 0.357. The molecule has 1 heterocycles. The van der Waals surface area contributed by atoms with Crippen LogP contribution >= 0.6 is 0 Å². The highest BCUT2D eigenvalue weighted by molar-refractivity contribution is 5.75. The molecule has 1 aliphatic carbocycles. The van der Waals surface area contributed by atoms with E-state index in [4.69, 9.17) is 0 Å². The summed E-state index contributed by atoms with van der Waals surface area (Å²) in [6, 6.07) is 13.8. The summed E-state index contributed by atoms with van der Waals surface area (Å²) in [5.41, 5.74) is 8.63. The Hall–Kier alpha value is -1.96. The predicted octanol–water partition coefficient (Wildman–Crippen LogP) is 5.56. The number of aryl methyl sites for hydroxylation is 1. The van der Waals surface area contributed by atoms with Crippen LogP contribution in [0.3, 0.4) is 0 Å². The van der Waals surface area contributed by atoms with Crippen molar-refractivity contribution >= 4 is 11.4 Å². The minimum Gasteiger partial charge on any atom is -0.375 e. The quantitative estimate of drug-likeness (QED) is 0.791. The predicted molar refractivity (Wildman–Crippen MR) is 108 cm³/mol. The molecule has 1 aliphatic heterocycles. The molecule has 2 heteroatoms. The summed E-state index contributed by atoms with van der Waals surface area (Å²) < 4.78 is 0. The average molecular weight is 335 g/mol. The molecule has 2 atom stereocenters. The molecule has 2 aromatic carbocycles. The van der Waals surface area contributed by atoms with Gasteiger partial charge in [0, 0.05) is 30.4 Å². The maximum absolute atomic E-state index is 3.94. The van der Waals surface area contributed by atoms with Crippen molar-refractivity contribution in [3.63, 3.8) is 0 Å². The highest BCUT2D eigenvalue weighted by Gasteiger charge is 2.58. The van der Waals surface area contributed by atoms with Crippen molar-refractivity contribution in [2.45, 2.75) is 58.4 Å². The van der Waals surface area contributed by atoms with E-state index >= 15 is 0 Å². The first-order valence-corrected chi connectivity index (χ1v) is 9.62. The molecule has 25 heavy (non-hydrogen) atoms. The Morgan fingerprint density at radius 1 is 1.00 bits per heavy atom. The molecule has 2 unspecified atom stereocenters. The summed E-state index contributed by atoms with van der Waals surface area (Å²) in [4.78, 5) is 2.46. The van der Waals surface area contributed by atoms with Crippen molar-refractivity contribution in [1.29, 1.82) is 0 Å². The smallest absolute Gasteiger partial charge is 0.0677 e. The van der Waals surface area contributed by atoms with E-state index in [0.29, 0.717) is 5.92 Å². The Kier molecular flexibility index (Phi) is 3.48. The molecule has 0 bridgehead atoms. The zero-order valence-electron chi connectivity index (χ0n) is 16.4. The monoisotopic (exact) mass is 334 g/mol. The number of fused-ring (bicyclic) bond motifs is 5. The first-order valence-electron chi connectivity index (χ1n) is 9.62. The lowest BCUT2D eigenvalue weighted by Gasteiger charge is -2.33. The van der Waals surface area contributed by atoms with E-state index in [1.807, 2.05) is 0 Å². The fourth-order valence-corrected chi connectivity index (χ4v) is 5.59. The second kappa shape index (κ2) is 5.27. The molecule has 1 N–H and O–H groups in total. The Morgan fingerprint density at radius 2 is 1.64 bits per heavy atom. The summed E-state index contributed by atoms with van der Waals surface area (Å²) in [5.74, 6) is 0.460. The maximum atomic E-state index is 3.94. The Balaban J connectivity index is 1.93. The average Bonchev–Trinajstić information content (AvgIpc) is 2.98. The standard InChI is InChI=1S/C23H30N2/c1-7-25(8-2)16-13-15(3)20-17(14-16)21-22(4,5)18-11-9-10-12-19(18)23(21,6)24-20/h9-14,21,24H,7-8H2,1-6H3. The summed E-state index contributed by atoms with van der Waals surface area (Å²) in [5, 5.41) is 3.94. The number of hydrogen-bond donors (Lipinski definition) is 1. The topological polar surface area (TPSA) is 15.3 Å². The Bertz CT molecular complexity index is 832. The molecular weight excluding hydrogens is 304 g/mol. The zero-order chi connectivity index (χ0) is 18.0. The van der Waals surface area contributed by atoms with Gasteiger partial charge in [-0.3, -0.25) is 0 Å². The van der Waals surface area contributed by atoms with E-state index < -0.39 is 0 Å². The van der Waals surface area contributed by atoms with Gasteiger partial charge in [0.05, 0.1) is 5.54 Å². The van der Waals surface area contributed by atoms with E-state index in [1.54, 1.807) is 0 Å². The van der Waals surface area contributed by atoms with Crippen LogP contribution in [-0.4, -0.2) is 13.1 Å². The minimum absolute atomic E-state index is 0.0188. The number of benzene rings is 2.